The Morgan fingerprint density at radius 2 is 1.65 bits per heavy atom. The largest absolute Gasteiger partial charge is 0.298 e. The minimum atomic E-state index is 0.179. The Morgan fingerprint density at radius 1 is 0.941 bits per heavy atom. The standard InChI is InChI=1S/C14H10O2S/c15-9-12(10-16)14(13-7-4-8-17-13)11-5-2-1-3-6-11/h1-10H. The van der Waals surface area contributed by atoms with Crippen LogP contribution in [-0.2, 0) is 9.59 Å². The average molecular weight is 242 g/mol. The normalized spacial score (nSPS) is 9.65. The summed E-state index contributed by atoms with van der Waals surface area (Å²) in [6, 6.07) is 13.3. The molecule has 1 aromatic carbocycles. The lowest BCUT2D eigenvalue weighted by atomic mass is 10.00. The van der Waals surface area contributed by atoms with Crippen LogP contribution in [0.25, 0.3) is 5.57 Å². The van der Waals surface area contributed by atoms with Crippen molar-refractivity contribution in [2.75, 3.05) is 0 Å². The monoisotopic (exact) mass is 242 g/mol. The van der Waals surface area contributed by atoms with Gasteiger partial charge in [0.2, 0.25) is 0 Å². The van der Waals surface area contributed by atoms with E-state index in [4.69, 9.17) is 0 Å². The van der Waals surface area contributed by atoms with Gasteiger partial charge in [-0.2, -0.15) is 0 Å². The lowest BCUT2D eigenvalue weighted by Gasteiger charge is -2.06. The molecule has 0 N–H and O–H groups in total. The molecule has 1 aromatic heterocycles. The number of carbonyl (C=O) groups excluding carboxylic acids is 2. The highest BCUT2D eigenvalue weighted by molar-refractivity contribution is 7.11. The zero-order valence-electron chi connectivity index (χ0n) is 9.00. The SMILES string of the molecule is O=CC(C=O)=C(c1ccccc1)c1cccs1. The van der Waals surface area contributed by atoms with Crippen molar-refractivity contribution in [2.45, 2.75) is 0 Å². The van der Waals surface area contributed by atoms with Gasteiger partial charge in [0, 0.05) is 10.5 Å². The molecule has 0 aliphatic carbocycles. The van der Waals surface area contributed by atoms with Crippen LogP contribution in [0, 0.1) is 0 Å². The molecule has 1 heterocycles. The van der Waals surface area contributed by atoms with Gasteiger partial charge in [0.05, 0.1) is 5.57 Å². The first-order chi connectivity index (χ1) is 8.36. The number of benzene rings is 1. The third-order valence-corrected chi connectivity index (χ3v) is 3.26. The molecule has 3 heteroatoms. The summed E-state index contributed by atoms with van der Waals surface area (Å²) in [6.07, 6.45) is 1.21. The summed E-state index contributed by atoms with van der Waals surface area (Å²) >= 11 is 1.51. The van der Waals surface area contributed by atoms with Crippen LogP contribution in [0.3, 0.4) is 0 Å². The molecule has 2 nitrogen and oxygen atoms in total. The van der Waals surface area contributed by atoms with Gasteiger partial charge in [-0.05, 0) is 17.0 Å². The number of thiophene rings is 1. The summed E-state index contributed by atoms with van der Waals surface area (Å²) in [6.45, 7) is 0. The molecular weight excluding hydrogens is 232 g/mol. The van der Waals surface area contributed by atoms with Crippen LogP contribution >= 0.6 is 11.3 Å². The van der Waals surface area contributed by atoms with Gasteiger partial charge in [0.15, 0.2) is 12.6 Å². The summed E-state index contributed by atoms with van der Waals surface area (Å²) in [5.74, 6) is 0. The van der Waals surface area contributed by atoms with Gasteiger partial charge >= 0.3 is 0 Å². The molecule has 0 amide bonds. The third kappa shape index (κ3) is 2.40. The maximum Gasteiger partial charge on any atom is 0.154 e. The Bertz CT molecular complexity index is 529. The van der Waals surface area contributed by atoms with Crippen molar-refractivity contribution in [1.29, 1.82) is 0 Å². The molecule has 0 spiro atoms. The number of rotatable bonds is 4. The van der Waals surface area contributed by atoms with Crippen molar-refractivity contribution < 1.29 is 9.59 Å². The van der Waals surface area contributed by atoms with Crippen molar-refractivity contribution in [3.05, 3.63) is 63.9 Å². The van der Waals surface area contributed by atoms with Crippen LogP contribution in [0.1, 0.15) is 10.4 Å². The molecule has 0 bridgehead atoms. The Labute approximate surface area is 103 Å². The summed E-state index contributed by atoms with van der Waals surface area (Å²) in [5, 5.41) is 1.92. The Balaban J connectivity index is 2.65. The van der Waals surface area contributed by atoms with E-state index in [0.29, 0.717) is 18.1 Å². The second-order valence-corrected chi connectivity index (χ2v) is 4.36. The fourth-order valence-corrected chi connectivity index (χ4v) is 2.44. The Morgan fingerprint density at radius 3 is 2.18 bits per heavy atom. The number of allylic oxidation sites excluding steroid dienone is 1. The van der Waals surface area contributed by atoms with E-state index < -0.39 is 0 Å². The molecule has 84 valence electrons. The topological polar surface area (TPSA) is 34.1 Å². The predicted molar refractivity (Wildman–Crippen MR) is 68.9 cm³/mol. The molecule has 2 rings (SSSR count). The van der Waals surface area contributed by atoms with Crippen molar-refractivity contribution in [3.63, 3.8) is 0 Å². The second kappa shape index (κ2) is 5.37. The molecule has 17 heavy (non-hydrogen) atoms. The van der Waals surface area contributed by atoms with E-state index in [2.05, 4.69) is 0 Å². The van der Waals surface area contributed by atoms with Crippen molar-refractivity contribution in [2.24, 2.45) is 0 Å². The van der Waals surface area contributed by atoms with Gasteiger partial charge in [0.25, 0.3) is 0 Å². The highest BCUT2D eigenvalue weighted by Gasteiger charge is 2.11. The molecule has 2 aromatic rings. The summed E-state index contributed by atoms with van der Waals surface area (Å²) in [7, 11) is 0. The average Bonchev–Trinajstić information content (AvgIpc) is 2.90. The first-order valence-corrected chi connectivity index (χ1v) is 5.98. The van der Waals surface area contributed by atoms with Crippen LogP contribution in [-0.4, -0.2) is 12.6 Å². The highest BCUT2D eigenvalue weighted by Crippen LogP contribution is 2.28. The third-order valence-electron chi connectivity index (χ3n) is 2.37. The van der Waals surface area contributed by atoms with Crippen LogP contribution in [0.4, 0.5) is 0 Å². The number of carbonyl (C=O) groups is 2. The molecule has 0 atom stereocenters. The lowest BCUT2D eigenvalue weighted by Crippen LogP contribution is -1.95. The maximum absolute atomic E-state index is 11.0. The first kappa shape index (κ1) is 11.5. The van der Waals surface area contributed by atoms with Gasteiger partial charge in [-0.25, -0.2) is 0 Å². The predicted octanol–water partition coefficient (Wildman–Crippen LogP) is 2.95. The van der Waals surface area contributed by atoms with Crippen molar-refractivity contribution in [3.8, 4) is 0 Å². The molecule has 0 fully saturated rings. The summed E-state index contributed by atoms with van der Waals surface area (Å²) in [5.41, 5.74) is 1.76. The van der Waals surface area contributed by atoms with Gasteiger partial charge in [-0.3, -0.25) is 9.59 Å². The highest BCUT2D eigenvalue weighted by atomic mass is 32.1. The smallest absolute Gasteiger partial charge is 0.154 e. The molecule has 0 aliphatic heterocycles. The van der Waals surface area contributed by atoms with E-state index in [1.807, 2.05) is 47.8 Å². The summed E-state index contributed by atoms with van der Waals surface area (Å²) in [4.78, 5) is 22.8. The van der Waals surface area contributed by atoms with Crippen LogP contribution in [0.15, 0.2) is 53.4 Å². The zero-order valence-corrected chi connectivity index (χ0v) is 9.81. The van der Waals surface area contributed by atoms with Crippen LogP contribution in [0.2, 0.25) is 0 Å². The Hall–Kier alpha value is -2.00. The number of aldehydes is 2. The fourth-order valence-electron chi connectivity index (χ4n) is 1.62. The van der Waals surface area contributed by atoms with E-state index in [1.165, 1.54) is 11.3 Å². The molecule has 0 radical (unpaired) electrons. The van der Waals surface area contributed by atoms with Crippen molar-refractivity contribution >= 4 is 29.5 Å². The molecule has 0 aliphatic rings. The van der Waals surface area contributed by atoms with E-state index in [0.717, 1.165) is 10.4 Å². The Kier molecular flexibility index (Phi) is 3.62. The van der Waals surface area contributed by atoms with E-state index in [1.54, 1.807) is 0 Å². The van der Waals surface area contributed by atoms with E-state index in [-0.39, 0.29) is 5.57 Å². The second-order valence-electron chi connectivity index (χ2n) is 3.41. The first-order valence-electron chi connectivity index (χ1n) is 5.10. The summed E-state index contributed by atoms with van der Waals surface area (Å²) < 4.78 is 0. The minimum absolute atomic E-state index is 0.179. The van der Waals surface area contributed by atoms with Gasteiger partial charge in [0.1, 0.15) is 0 Å². The minimum Gasteiger partial charge on any atom is -0.298 e. The van der Waals surface area contributed by atoms with E-state index in [9.17, 15) is 9.59 Å². The zero-order chi connectivity index (χ0) is 12.1. The molecule has 0 unspecified atom stereocenters. The van der Waals surface area contributed by atoms with Crippen molar-refractivity contribution in [1.82, 2.24) is 0 Å². The van der Waals surface area contributed by atoms with Gasteiger partial charge < -0.3 is 0 Å². The fraction of sp³-hybridized carbons (Fsp3) is 0. The van der Waals surface area contributed by atoms with Gasteiger partial charge in [-0.1, -0.05) is 36.4 Å². The van der Waals surface area contributed by atoms with E-state index >= 15 is 0 Å². The maximum atomic E-state index is 11.0. The molecule has 0 saturated heterocycles. The van der Waals surface area contributed by atoms with Gasteiger partial charge in [-0.15, -0.1) is 11.3 Å². The number of hydrogen-bond donors (Lipinski definition) is 0. The molecular formula is C14H10O2S. The quantitative estimate of drug-likeness (QED) is 0.357. The van der Waals surface area contributed by atoms with Crippen LogP contribution < -0.4 is 0 Å². The lowest BCUT2D eigenvalue weighted by molar-refractivity contribution is -0.109. The number of hydrogen-bond acceptors (Lipinski definition) is 3. The molecule has 0 saturated carbocycles. The van der Waals surface area contributed by atoms with Crippen LogP contribution in [0.5, 0.6) is 0 Å².